The van der Waals surface area contributed by atoms with Crippen molar-refractivity contribution in [2.45, 2.75) is 58.5 Å². The van der Waals surface area contributed by atoms with Crippen molar-refractivity contribution in [3.05, 3.63) is 107 Å². The number of aryl methyl sites for hydroxylation is 1. The van der Waals surface area contributed by atoms with E-state index in [0.29, 0.717) is 30.5 Å². The number of imide groups is 1. The highest BCUT2D eigenvalue weighted by molar-refractivity contribution is 6.21. The highest BCUT2D eigenvalue weighted by Gasteiger charge is 2.35. The number of benzene rings is 3. The maximum absolute atomic E-state index is 13.8. The first kappa shape index (κ1) is 28.7. The third kappa shape index (κ3) is 6.84. The molecule has 208 valence electrons. The monoisotopic (exact) mass is 539 g/mol. The van der Waals surface area contributed by atoms with E-state index in [-0.39, 0.29) is 43.1 Å². The normalized spacial score (nSPS) is 13.2. The first-order chi connectivity index (χ1) is 19.4. The fraction of sp³-hybridized carbons (Fsp3) is 0.333. The van der Waals surface area contributed by atoms with E-state index in [4.69, 9.17) is 0 Å². The van der Waals surface area contributed by atoms with Crippen LogP contribution in [0.25, 0.3) is 0 Å². The smallest absolute Gasteiger partial charge is 0.261 e. The molecule has 1 aliphatic heterocycles. The van der Waals surface area contributed by atoms with Gasteiger partial charge < -0.3 is 10.2 Å². The largest absolute Gasteiger partial charge is 0.354 e. The van der Waals surface area contributed by atoms with Gasteiger partial charge in [-0.1, -0.05) is 80.1 Å². The molecule has 3 aromatic rings. The second-order valence-electron chi connectivity index (χ2n) is 10.2. The fourth-order valence-electron chi connectivity index (χ4n) is 5.01. The van der Waals surface area contributed by atoms with Crippen LogP contribution in [0, 0.1) is 6.92 Å². The summed E-state index contributed by atoms with van der Waals surface area (Å²) < 4.78 is 0. The maximum Gasteiger partial charge on any atom is 0.261 e. The Morgan fingerprint density at radius 2 is 1.48 bits per heavy atom. The zero-order valence-electron chi connectivity index (χ0n) is 23.3. The van der Waals surface area contributed by atoms with E-state index < -0.39 is 6.04 Å². The fourth-order valence-corrected chi connectivity index (χ4v) is 5.01. The molecule has 1 heterocycles. The predicted octanol–water partition coefficient (Wildman–Crippen LogP) is 4.93. The Kier molecular flexibility index (Phi) is 9.84. The molecule has 0 saturated carbocycles. The number of carbonyl (C=O) groups is 4. The van der Waals surface area contributed by atoms with E-state index in [1.807, 2.05) is 61.5 Å². The highest BCUT2D eigenvalue weighted by atomic mass is 16.2. The Balaban J connectivity index is 1.54. The number of nitrogens with one attached hydrogen (secondary N) is 1. The summed E-state index contributed by atoms with van der Waals surface area (Å²) in [5.74, 6) is -1.03. The van der Waals surface area contributed by atoms with Gasteiger partial charge >= 0.3 is 0 Å². The van der Waals surface area contributed by atoms with Gasteiger partial charge in [-0.15, -0.1) is 0 Å². The van der Waals surface area contributed by atoms with E-state index >= 15 is 0 Å². The molecule has 0 bridgehead atoms. The standard InChI is InChI=1S/C33H37N3O4/c1-3-4-20-34-31(38)29(22-25-14-6-5-7-15-25)36(23-26-16-9-8-13-24(26)2)30(37)19-12-21-35-32(39)27-17-10-11-18-28(27)33(35)40/h5-11,13-18,29H,3-4,12,19-23H2,1-2H3,(H,34,38)/t29-/m0/s1. The Morgan fingerprint density at radius 1 is 0.850 bits per heavy atom. The first-order valence-electron chi connectivity index (χ1n) is 14.0. The minimum atomic E-state index is -0.703. The van der Waals surface area contributed by atoms with E-state index in [1.165, 1.54) is 4.90 Å². The summed E-state index contributed by atoms with van der Waals surface area (Å²) in [6, 6.07) is 23.6. The molecule has 1 aliphatic rings. The van der Waals surface area contributed by atoms with Gasteiger partial charge in [-0.2, -0.15) is 0 Å². The molecule has 0 saturated heterocycles. The van der Waals surface area contributed by atoms with Crippen LogP contribution in [0.2, 0.25) is 0 Å². The number of rotatable bonds is 13. The minimum Gasteiger partial charge on any atom is -0.354 e. The van der Waals surface area contributed by atoms with E-state index in [2.05, 4.69) is 12.2 Å². The summed E-state index contributed by atoms with van der Waals surface area (Å²) in [5, 5.41) is 3.03. The van der Waals surface area contributed by atoms with Gasteiger partial charge in [-0.25, -0.2) is 0 Å². The Hall–Kier alpha value is -4.26. The van der Waals surface area contributed by atoms with Gasteiger partial charge in [0.15, 0.2) is 0 Å². The third-order valence-corrected chi connectivity index (χ3v) is 7.35. The number of carbonyl (C=O) groups excluding carboxylic acids is 4. The molecule has 0 spiro atoms. The lowest BCUT2D eigenvalue weighted by Crippen LogP contribution is -2.50. The average Bonchev–Trinajstić information content (AvgIpc) is 3.21. The molecule has 40 heavy (non-hydrogen) atoms. The van der Waals surface area contributed by atoms with Crippen molar-refractivity contribution in [2.24, 2.45) is 0 Å². The SMILES string of the molecule is CCCCNC(=O)[C@H](Cc1ccccc1)N(Cc1ccccc1C)C(=O)CCCN1C(=O)c2ccccc2C1=O. The molecule has 0 radical (unpaired) electrons. The van der Waals surface area contributed by atoms with E-state index in [0.717, 1.165) is 29.5 Å². The summed E-state index contributed by atoms with van der Waals surface area (Å²) in [6.07, 6.45) is 2.61. The molecule has 1 N–H and O–H groups in total. The van der Waals surface area contributed by atoms with Crippen molar-refractivity contribution in [2.75, 3.05) is 13.1 Å². The average molecular weight is 540 g/mol. The molecule has 3 aromatic carbocycles. The molecule has 0 aliphatic carbocycles. The van der Waals surface area contributed by atoms with Gasteiger partial charge in [0.1, 0.15) is 6.04 Å². The molecule has 4 amide bonds. The molecule has 1 atom stereocenters. The van der Waals surface area contributed by atoms with Gasteiger partial charge in [0.25, 0.3) is 11.8 Å². The number of fused-ring (bicyclic) bond motifs is 1. The van der Waals surface area contributed by atoms with Crippen LogP contribution in [0.1, 0.15) is 70.0 Å². The number of hydrogen-bond acceptors (Lipinski definition) is 4. The topological polar surface area (TPSA) is 86.8 Å². The van der Waals surface area contributed by atoms with Crippen LogP contribution in [0.4, 0.5) is 0 Å². The number of unbranched alkanes of at least 4 members (excludes halogenated alkanes) is 1. The maximum atomic E-state index is 13.8. The number of amides is 4. The quantitative estimate of drug-likeness (QED) is 0.247. The molecular formula is C33H37N3O4. The van der Waals surface area contributed by atoms with Crippen LogP contribution < -0.4 is 5.32 Å². The zero-order valence-corrected chi connectivity index (χ0v) is 23.3. The highest BCUT2D eigenvalue weighted by Crippen LogP contribution is 2.23. The molecule has 7 heteroatoms. The van der Waals surface area contributed by atoms with Crippen molar-refractivity contribution >= 4 is 23.6 Å². The predicted molar refractivity (Wildman–Crippen MR) is 155 cm³/mol. The van der Waals surface area contributed by atoms with E-state index in [1.54, 1.807) is 29.2 Å². The Morgan fingerprint density at radius 3 is 2.12 bits per heavy atom. The number of hydrogen-bond donors (Lipinski definition) is 1. The van der Waals surface area contributed by atoms with Crippen molar-refractivity contribution < 1.29 is 19.2 Å². The Bertz CT molecular complexity index is 1320. The molecule has 7 nitrogen and oxygen atoms in total. The first-order valence-corrected chi connectivity index (χ1v) is 14.0. The van der Waals surface area contributed by atoms with Crippen LogP contribution in [-0.4, -0.2) is 52.6 Å². The van der Waals surface area contributed by atoms with Gasteiger partial charge in [0.05, 0.1) is 11.1 Å². The molecular weight excluding hydrogens is 502 g/mol. The molecule has 4 rings (SSSR count). The minimum absolute atomic E-state index is 0.104. The second kappa shape index (κ2) is 13.7. The van der Waals surface area contributed by atoms with Crippen molar-refractivity contribution in [3.63, 3.8) is 0 Å². The van der Waals surface area contributed by atoms with Crippen LogP contribution >= 0.6 is 0 Å². The lowest BCUT2D eigenvalue weighted by atomic mass is 10.0. The molecule has 0 fully saturated rings. The lowest BCUT2D eigenvalue weighted by molar-refractivity contribution is -0.141. The molecule has 0 unspecified atom stereocenters. The summed E-state index contributed by atoms with van der Waals surface area (Å²) in [4.78, 5) is 55.8. The van der Waals surface area contributed by atoms with Crippen LogP contribution in [0.15, 0.2) is 78.9 Å². The Labute approximate surface area is 236 Å². The summed E-state index contributed by atoms with van der Waals surface area (Å²) in [6.45, 7) is 5.04. The van der Waals surface area contributed by atoms with Crippen molar-refractivity contribution in [1.29, 1.82) is 0 Å². The van der Waals surface area contributed by atoms with Gasteiger partial charge in [0.2, 0.25) is 11.8 Å². The zero-order chi connectivity index (χ0) is 28.5. The van der Waals surface area contributed by atoms with Crippen LogP contribution in [-0.2, 0) is 22.6 Å². The van der Waals surface area contributed by atoms with E-state index in [9.17, 15) is 19.2 Å². The van der Waals surface area contributed by atoms with Crippen molar-refractivity contribution in [3.8, 4) is 0 Å². The van der Waals surface area contributed by atoms with Crippen molar-refractivity contribution in [1.82, 2.24) is 15.1 Å². The van der Waals surface area contributed by atoms with Crippen LogP contribution in [0.3, 0.4) is 0 Å². The lowest BCUT2D eigenvalue weighted by Gasteiger charge is -2.32. The summed E-state index contributed by atoms with van der Waals surface area (Å²) in [7, 11) is 0. The van der Waals surface area contributed by atoms with Gasteiger partial charge in [0, 0.05) is 32.5 Å². The number of nitrogens with zero attached hydrogens (tertiary/aromatic N) is 2. The second-order valence-corrected chi connectivity index (χ2v) is 10.2. The van der Waals surface area contributed by atoms with Gasteiger partial charge in [-0.05, 0) is 48.6 Å². The van der Waals surface area contributed by atoms with Gasteiger partial charge in [-0.3, -0.25) is 24.1 Å². The summed E-state index contributed by atoms with van der Waals surface area (Å²) >= 11 is 0. The van der Waals surface area contributed by atoms with Crippen LogP contribution in [0.5, 0.6) is 0 Å². The third-order valence-electron chi connectivity index (χ3n) is 7.35. The summed E-state index contributed by atoms with van der Waals surface area (Å²) in [5.41, 5.74) is 3.76. The molecule has 0 aromatic heterocycles.